The molecule has 0 spiro atoms. The lowest BCUT2D eigenvalue weighted by Crippen LogP contribution is -2.48. The van der Waals surface area contributed by atoms with Crippen LogP contribution < -0.4 is 20.5 Å². The lowest BCUT2D eigenvalue weighted by atomic mass is 10.1. The summed E-state index contributed by atoms with van der Waals surface area (Å²) < 4.78 is 34.9. The summed E-state index contributed by atoms with van der Waals surface area (Å²) in [7, 11) is -3.86. The first-order chi connectivity index (χ1) is 13.1. The van der Waals surface area contributed by atoms with Gasteiger partial charge in [0.05, 0.1) is 16.8 Å². The number of pyridine rings is 1. The van der Waals surface area contributed by atoms with Gasteiger partial charge in [-0.3, -0.25) is 14.5 Å². The molecule has 0 fully saturated rings. The summed E-state index contributed by atoms with van der Waals surface area (Å²) in [6.45, 7) is 5.53. The fourth-order valence-electron chi connectivity index (χ4n) is 2.72. The minimum absolute atomic E-state index is 0.112. The topological polar surface area (TPSA) is 136 Å². The number of nitrogens with two attached hydrogens (primary N) is 1. The molecule has 0 atom stereocenters. The summed E-state index contributed by atoms with van der Waals surface area (Å²) in [5.41, 5.74) is 6.84. The van der Waals surface area contributed by atoms with Gasteiger partial charge in [-0.25, -0.2) is 0 Å². The summed E-state index contributed by atoms with van der Waals surface area (Å²) in [6.07, 6.45) is 1.56. The highest BCUT2D eigenvalue weighted by Crippen LogP contribution is 2.30. The molecule has 1 aliphatic heterocycles. The van der Waals surface area contributed by atoms with Crippen LogP contribution in [0.5, 0.6) is 5.75 Å². The molecule has 0 aliphatic carbocycles. The Morgan fingerprint density at radius 1 is 1.29 bits per heavy atom. The summed E-state index contributed by atoms with van der Waals surface area (Å²) in [4.78, 5) is 16.6. The Morgan fingerprint density at radius 3 is 2.75 bits per heavy atom. The molecule has 9 nitrogen and oxygen atoms in total. The zero-order chi connectivity index (χ0) is 20.5. The van der Waals surface area contributed by atoms with Crippen LogP contribution in [0.3, 0.4) is 0 Å². The summed E-state index contributed by atoms with van der Waals surface area (Å²) in [5.74, 6) is -0.108. The Bertz CT molecular complexity index is 1060. The van der Waals surface area contributed by atoms with Crippen molar-refractivity contribution in [2.24, 2.45) is 10.1 Å². The predicted octanol–water partition coefficient (Wildman–Crippen LogP) is 1.35. The van der Waals surface area contributed by atoms with Crippen LogP contribution in [0.4, 0.5) is 5.69 Å². The van der Waals surface area contributed by atoms with Crippen molar-refractivity contribution in [2.45, 2.75) is 26.3 Å². The summed E-state index contributed by atoms with van der Waals surface area (Å²) in [6, 6.07) is 8.43. The Hall–Kier alpha value is -3.14. The smallest absolute Gasteiger partial charge is 0.344 e. The number of amides is 1. The fourth-order valence-corrected chi connectivity index (χ4v) is 3.57. The number of benzene rings is 1. The third kappa shape index (κ3) is 4.22. The normalized spacial score (nSPS) is 15.0. The molecular weight excluding hydrogens is 382 g/mol. The van der Waals surface area contributed by atoms with Gasteiger partial charge in [0.25, 0.3) is 5.91 Å². The quantitative estimate of drug-likeness (QED) is 0.689. The van der Waals surface area contributed by atoms with Gasteiger partial charge in [0, 0.05) is 6.20 Å². The minimum atomic E-state index is -3.86. The molecular formula is C18H21N5O4S. The summed E-state index contributed by atoms with van der Waals surface area (Å²) in [5, 5.41) is 2.89. The predicted molar refractivity (Wildman–Crippen MR) is 106 cm³/mol. The number of aryl methyl sites for hydroxylation is 1. The average molecular weight is 403 g/mol. The van der Waals surface area contributed by atoms with E-state index in [1.165, 1.54) is 0 Å². The molecule has 148 valence electrons. The number of anilines is 1. The number of nitrogens with zero attached hydrogens (tertiary/aromatic N) is 2. The fraction of sp³-hybridized carbons (Fsp3) is 0.278. The van der Waals surface area contributed by atoms with Crippen LogP contribution in [0.15, 0.2) is 40.9 Å². The van der Waals surface area contributed by atoms with Crippen LogP contribution in [-0.4, -0.2) is 37.3 Å². The van der Waals surface area contributed by atoms with E-state index in [-0.39, 0.29) is 24.0 Å². The van der Waals surface area contributed by atoms with Gasteiger partial charge in [0.2, 0.25) is 0 Å². The van der Waals surface area contributed by atoms with Crippen molar-refractivity contribution in [3.05, 3.63) is 53.3 Å². The zero-order valence-electron chi connectivity index (χ0n) is 15.7. The monoisotopic (exact) mass is 403 g/mol. The van der Waals surface area contributed by atoms with Crippen LogP contribution in [0.25, 0.3) is 0 Å². The van der Waals surface area contributed by atoms with Crippen molar-refractivity contribution >= 4 is 27.6 Å². The van der Waals surface area contributed by atoms with Gasteiger partial charge in [0.1, 0.15) is 18.1 Å². The second-order valence-electron chi connectivity index (χ2n) is 7.03. The maximum absolute atomic E-state index is 12.5. The number of ether oxygens (including phenoxy) is 1. The molecule has 1 aromatic carbocycles. The number of carbonyl (C=O) groups excluding carboxylic acids is 1. The van der Waals surface area contributed by atoms with Crippen molar-refractivity contribution < 1.29 is 17.9 Å². The Kier molecular flexibility index (Phi) is 4.99. The third-order valence-corrected chi connectivity index (χ3v) is 4.92. The maximum atomic E-state index is 12.5. The highest BCUT2D eigenvalue weighted by molar-refractivity contribution is 7.91. The van der Waals surface area contributed by atoms with Crippen molar-refractivity contribution in [3.8, 4) is 5.75 Å². The summed E-state index contributed by atoms with van der Waals surface area (Å²) >= 11 is 0. The maximum Gasteiger partial charge on any atom is 0.344 e. The van der Waals surface area contributed by atoms with E-state index in [1.54, 1.807) is 44.3 Å². The van der Waals surface area contributed by atoms with Gasteiger partial charge < -0.3 is 15.8 Å². The molecule has 1 amide bonds. The standard InChI is InChI=1S/C18H21N5O4S/c1-11-6-5-9-20-15(11)17(24)21-18(2,3)10-27-13-8-4-7-12-14(13)16(19)23-28(25,26)22-12/h4-9,22H,10H2,1-3H3,(H2,19,23)(H,21,24). The van der Waals surface area contributed by atoms with Crippen molar-refractivity contribution in [1.29, 1.82) is 0 Å². The highest BCUT2D eigenvalue weighted by atomic mass is 32.2. The van der Waals surface area contributed by atoms with Crippen LogP contribution in [0.1, 0.15) is 35.5 Å². The highest BCUT2D eigenvalue weighted by Gasteiger charge is 2.27. The molecule has 2 aromatic rings. The molecule has 28 heavy (non-hydrogen) atoms. The number of aromatic nitrogens is 1. The third-order valence-electron chi connectivity index (χ3n) is 4.00. The van der Waals surface area contributed by atoms with E-state index in [1.807, 2.05) is 13.0 Å². The minimum Gasteiger partial charge on any atom is -0.490 e. The number of hydrogen-bond acceptors (Lipinski definition) is 6. The molecule has 4 N–H and O–H groups in total. The van der Waals surface area contributed by atoms with Crippen LogP contribution in [0.2, 0.25) is 0 Å². The Morgan fingerprint density at radius 2 is 2.04 bits per heavy atom. The second-order valence-corrected chi connectivity index (χ2v) is 8.36. The van der Waals surface area contributed by atoms with E-state index >= 15 is 0 Å². The first-order valence-corrected chi connectivity index (χ1v) is 9.90. The molecule has 0 bridgehead atoms. The lowest BCUT2D eigenvalue weighted by Gasteiger charge is -2.27. The number of nitrogens with one attached hydrogen (secondary N) is 2. The molecule has 3 rings (SSSR count). The largest absolute Gasteiger partial charge is 0.490 e. The van der Waals surface area contributed by atoms with E-state index in [0.29, 0.717) is 17.0 Å². The number of carbonyl (C=O) groups is 1. The lowest BCUT2D eigenvalue weighted by molar-refractivity contribution is 0.0875. The van der Waals surface area contributed by atoms with Crippen LogP contribution in [-0.2, 0) is 10.2 Å². The van der Waals surface area contributed by atoms with Gasteiger partial charge in [-0.1, -0.05) is 12.1 Å². The first kappa shape index (κ1) is 19.6. The Labute approximate surface area is 163 Å². The van der Waals surface area contributed by atoms with Crippen LogP contribution in [0, 0.1) is 6.92 Å². The van der Waals surface area contributed by atoms with Crippen molar-refractivity contribution in [3.63, 3.8) is 0 Å². The van der Waals surface area contributed by atoms with E-state index in [2.05, 4.69) is 19.4 Å². The molecule has 0 unspecified atom stereocenters. The molecule has 0 radical (unpaired) electrons. The van der Waals surface area contributed by atoms with E-state index in [0.717, 1.165) is 5.56 Å². The second kappa shape index (κ2) is 7.12. The molecule has 0 saturated carbocycles. The molecule has 1 aromatic heterocycles. The SMILES string of the molecule is Cc1cccnc1C(=O)NC(C)(C)COc1cccc2c1C(N)=NS(=O)(=O)N2. The van der Waals surface area contributed by atoms with Crippen molar-refractivity contribution in [1.82, 2.24) is 10.3 Å². The van der Waals surface area contributed by atoms with E-state index in [9.17, 15) is 13.2 Å². The van der Waals surface area contributed by atoms with Gasteiger partial charge >= 0.3 is 10.2 Å². The average Bonchev–Trinajstić information content (AvgIpc) is 2.58. The van der Waals surface area contributed by atoms with Gasteiger partial charge in [-0.15, -0.1) is 4.40 Å². The molecule has 10 heteroatoms. The van der Waals surface area contributed by atoms with Crippen molar-refractivity contribution in [2.75, 3.05) is 11.3 Å². The molecule has 0 saturated heterocycles. The number of amidine groups is 1. The molecule has 1 aliphatic rings. The number of rotatable bonds is 5. The van der Waals surface area contributed by atoms with E-state index in [4.69, 9.17) is 10.5 Å². The van der Waals surface area contributed by atoms with Gasteiger partial charge in [-0.2, -0.15) is 8.42 Å². The first-order valence-electron chi connectivity index (χ1n) is 8.46. The Balaban J connectivity index is 1.76. The number of fused-ring (bicyclic) bond motifs is 1. The zero-order valence-corrected chi connectivity index (χ0v) is 16.5. The van der Waals surface area contributed by atoms with Gasteiger partial charge in [0.15, 0.2) is 5.84 Å². The van der Waals surface area contributed by atoms with E-state index < -0.39 is 15.7 Å². The molecule has 2 heterocycles. The van der Waals surface area contributed by atoms with Gasteiger partial charge in [-0.05, 0) is 44.5 Å². The number of hydrogen-bond donors (Lipinski definition) is 3. The van der Waals surface area contributed by atoms with Crippen LogP contribution >= 0.6 is 0 Å².